The Balaban J connectivity index is -0.000000484. The lowest BCUT2D eigenvalue weighted by Gasteiger charge is -1.95. The number of aryl methyl sites for hydroxylation is 2. The van der Waals surface area contributed by atoms with Crippen molar-refractivity contribution >= 4 is 11.4 Å². The summed E-state index contributed by atoms with van der Waals surface area (Å²) in [7, 11) is 0. The molecular weight excluding hydrogens is 292 g/mol. The van der Waals surface area contributed by atoms with Crippen molar-refractivity contribution in [3.05, 3.63) is 59.7 Å². The third-order valence-corrected chi connectivity index (χ3v) is 2.35. The summed E-state index contributed by atoms with van der Waals surface area (Å²) in [6, 6.07) is 16.0. The van der Waals surface area contributed by atoms with Crippen molar-refractivity contribution < 1.29 is 0 Å². The Morgan fingerprint density at radius 3 is 0.833 bits per heavy atom. The zero-order valence-corrected chi connectivity index (χ0v) is 17.5. The van der Waals surface area contributed by atoms with Crippen molar-refractivity contribution in [2.75, 3.05) is 0 Å². The van der Waals surface area contributed by atoms with Gasteiger partial charge in [-0.1, -0.05) is 90.8 Å². The van der Waals surface area contributed by atoms with E-state index in [1.54, 1.807) is 0 Å². The van der Waals surface area contributed by atoms with E-state index in [9.17, 15) is 0 Å². The fourth-order valence-corrected chi connectivity index (χ4v) is 1.34. The van der Waals surface area contributed by atoms with Crippen LogP contribution in [0.4, 0.5) is 11.4 Å². The topological polar surface area (TPSA) is 24.7 Å². The fourth-order valence-electron chi connectivity index (χ4n) is 1.34. The number of nitrogens with zero attached hydrogens (tertiary/aromatic N) is 2. The van der Waals surface area contributed by atoms with Crippen molar-refractivity contribution in [2.45, 2.75) is 69.2 Å². The second-order valence-corrected chi connectivity index (χ2v) is 3.87. The zero-order chi connectivity index (χ0) is 19.4. The van der Waals surface area contributed by atoms with Crippen molar-refractivity contribution in [3.63, 3.8) is 0 Å². The highest BCUT2D eigenvalue weighted by Crippen LogP contribution is 2.18. The second kappa shape index (κ2) is 21.0. The van der Waals surface area contributed by atoms with Gasteiger partial charge in [0, 0.05) is 0 Å². The first kappa shape index (κ1) is 26.9. The first-order valence-corrected chi connectivity index (χ1v) is 9.29. The van der Waals surface area contributed by atoms with E-state index in [-0.39, 0.29) is 0 Å². The maximum absolute atomic E-state index is 4.17. The van der Waals surface area contributed by atoms with E-state index < -0.39 is 0 Å². The standard InChI is InChI=1S/C14H14N2.4C2H6/c1-11-3-7-13(8-4-11)15-16-14-9-5-12(2)6-10-14;4*1-2/h3-10H,1-2H3;4*1-2H3. The van der Waals surface area contributed by atoms with Crippen LogP contribution in [0.5, 0.6) is 0 Å². The highest BCUT2D eigenvalue weighted by atomic mass is 15.1. The van der Waals surface area contributed by atoms with E-state index in [0.717, 1.165) is 11.4 Å². The van der Waals surface area contributed by atoms with Gasteiger partial charge in [-0.15, -0.1) is 0 Å². The van der Waals surface area contributed by atoms with Gasteiger partial charge in [-0.25, -0.2) is 0 Å². The first-order valence-electron chi connectivity index (χ1n) is 9.29. The van der Waals surface area contributed by atoms with Crippen LogP contribution in [0.15, 0.2) is 58.8 Å². The predicted octanol–water partition coefficient (Wildman–Crippen LogP) is 8.82. The summed E-state index contributed by atoms with van der Waals surface area (Å²) in [5.74, 6) is 0. The average Bonchev–Trinajstić information content (AvgIpc) is 2.69. The lowest BCUT2D eigenvalue weighted by atomic mass is 10.2. The largest absolute Gasteiger partial charge is 0.151 e. The van der Waals surface area contributed by atoms with Gasteiger partial charge in [-0.2, -0.15) is 10.2 Å². The Kier molecular flexibility index (Phi) is 23.6. The predicted molar refractivity (Wildman–Crippen MR) is 112 cm³/mol. The van der Waals surface area contributed by atoms with Crippen LogP contribution in [0, 0.1) is 13.8 Å². The van der Waals surface area contributed by atoms with Gasteiger partial charge in [0.05, 0.1) is 11.4 Å². The van der Waals surface area contributed by atoms with Crippen molar-refractivity contribution in [2.24, 2.45) is 10.2 Å². The van der Waals surface area contributed by atoms with Gasteiger partial charge in [0.15, 0.2) is 0 Å². The Hall–Kier alpha value is -1.96. The molecule has 0 saturated heterocycles. The fraction of sp³-hybridized carbons (Fsp3) is 0.455. The average molecular weight is 331 g/mol. The highest BCUT2D eigenvalue weighted by molar-refractivity contribution is 5.41. The van der Waals surface area contributed by atoms with E-state index in [2.05, 4.69) is 24.1 Å². The van der Waals surface area contributed by atoms with E-state index in [0.29, 0.717) is 0 Å². The van der Waals surface area contributed by atoms with Crippen molar-refractivity contribution in [3.8, 4) is 0 Å². The van der Waals surface area contributed by atoms with E-state index in [1.807, 2.05) is 104 Å². The molecule has 0 aliphatic rings. The highest BCUT2D eigenvalue weighted by Gasteiger charge is 1.90. The Morgan fingerprint density at radius 1 is 0.417 bits per heavy atom. The van der Waals surface area contributed by atoms with Crippen LogP contribution in [0.2, 0.25) is 0 Å². The molecule has 0 fully saturated rings. The molecule has 0 aromatic heterocycles. The van der Waals surface area contributed by atoms with Gasteiger partial charge in [0.2, 0.25) is 0 Å². The van der Waals surface area contributed by atoms with Gasteiger partial charge in [0.25, 0.3) is 0 Å². The molecule has 0 aliphatic heterocycles. The zero-order valence-electron chi connectivity index (χ0n) is 17.5. The summed E-state index contributed by atoms with van der Waals surface area (Å²) in [5, 5.41) is 8.34. The van der Waals surface area contributed by atoms with Crippen LogP contribution in [-0.4, -0.2) is 0 Å². The number of hydrogen-bond donors (Lipinski definition) is 0. The van der Waals surface area contributed by atoms with Crippen LogP contribution < -0.4 is 0 Å². The molecule has 2 aromatic rings. The minimum atomic E-state index is 0.881. The molecule has 0 amide bonds. The third kappa shape index (κ3) is 13.7. The summed E-state index contributed by atoms with van der Waals surface area (Å²) in [6.07, 6.45) is 0. The van der Waals surface area contributed by atoms with Crippen LogP contribution in [0.3, 0.4) is 0 Å². The smallest absolute Gasteiger partial charge is 0.0857 e. The first-order chi connectivity index (χ1) is 11.7. The Labute approximate surface area is 151 Å². The van der Waals surface area contributed by atoms with Gasteiger partial charge in [-0.05, 0) is 38.1 Å². The molecule has 2 heteroatoms. The molecule has 2 aromatic carbocycles. The Bertz CT molecular complexity index is 435. The minimum absolute atomic E-state index is 0.881. The van der Waals surface area contributed by atoms with Gasteiger partial charge in [0.1, 0.15) is 0 Å². The number of azo groups is 1. The molecule has 0 bridgehead atoms. The number of hydrogen-bond acceptors (Lipinski definition) is 2. The second-order valence-electron chi connectivity index (χ2n) is 3.87. The summed E-state index contributed by atoms with van der Waals surface area (Å²) in [5.41, 5.74) is 4.22. The molecule has 0 saturated carbocycles. The minimum Gasteiger partial charge on any atom is -0.151 e. The van der Waals surface area contributed by atoms with Gasteiger partial charge in [-0.3, -0.25) is 0 Å². The molecule has 0 aliphatic carbocycles. The lowest BCUT2D eigenvalue weighted by molar-refractivity contribution is 1.22. The van der Waals surface area contributed by atoms with Crippen LogP contribution in [0.25, 0.3) is 0 Å². The number of benzene rings is 2. The van der Waals surface area contributed by atoms with Crippen molar-refractivity contribution in [1.29, 1.82) is 0 Å². The summed E-state index contributed by atoms with van der Waals surface area (Å²) >= 11 is 0. The van der Waals surface area contributed by atoms with Crippen LogP contribution >= 0.6 is 0 Å². The molecular formula is C22H38N2. The summed E-state index contributed by atoms with van der Waals surface area (Å²) < 4.78 is 0. The van der Waals surface area contributed by atoms with Crippen LogP contribution in [0.1, 0.15) is 66.5 Å². The monoisotopic (exact) mass is 330 g/mol. The molecule has 24 heavy (non-hydrogen) atoms. The molecule has 0 atom stereocenters. The molecule has 0 N–H and O–H groups in total. The summed E-state index contributed by atoms with van der Waals surface area (Å²) in [6.45, 7) is 20.1. The molecule has 136 valence electrons. The lowest BCUT2D eigenvalue weighted by Crippen LogP contribution is -1.69. The SMILES string of the molecule is CC.CC.CC.CC.Cc1ccc(N=Nc2ccc(C)cc2)cc1. The molecule has 0 unspecified atom stereocenters. The Morgan fingerprint density at radius 2 is 0.625 bits per heavy atom. The number of rotatable bonds is 2. The van der Waals surface area contributed by atoms with E-state index in [4.69, 9.17) is 0 Å². The molecule has 0 heterocycles. The molecule has 2 rings (SSSR count). The normalized spacial score (nSPS) is 8.25. The van der Waals surface area contributed by atoms with E-state index >= 15 is 0 Å². The van der Waals surface area contributed by atoms with Crippen molar-refractivity contribution in [1.82, 2.24) is 0 Å². The molecule has 2 nitrogen and oxygen atoms in total. The van der Waals surface area contributed by atoms with Gasteiger partial charge < -0.3 is 0 Å². The van der Waals surface area contributed by atoms with E-state index in [1.165, 1.54) is 11.1 Å². The molecule has 0 spiro atoms. The third-order valence-electron chi connectivity index (χ3n) is 2.35. The molecule has 0 radical (unpaired) electrons. The maximum Gasteiger partial charge on any atom is 0.0857 e. The van der Waals surface area contributed by atoms with Crippen LogP contribution in [-0.2, 0) is 0 Å². The maximum atomic E-state index is 4.17. The quantitative estimate of drug-likeness (QED) is 0.491. The van der Waals surface area contributed by atoms with Gasteiger partial charge >= 0.3 is 0 Å². The summed E-state index contributed by atoms with van der Waals surface area (Å²) in [4.78, 5) is 0.